The summed E-state index contributed by atoms with van der Waals surface area (Å²) in [6.45, 7) is 2.04. The molecular weight excluding hydrogens is 312 g/mol. The van der Waals surface area contributed by atoms with Crippen molar-refractivity contribution >= 4 is 10.9 Å². The van der Waals surface area contributed by atoms with Crippen LogP contribution in [0.5, 0.6) is 11.5 Å². The van der Waals surface area contributed by atoms with Gasteiger partial charge in [-0.3, -0.25) is 4.79 Å². The third-order valence-corrected chi connectivity index (χ3v) is 4.00. The lowest BCUT2D eigenvalue weighted by Gasteiger charge is -2.07. The Balaban J connectivity index is 1.64. The van der Waals surface area contributed by atoms with Gasteiger partial charge in [-0.2, -0.15) is 0 Å². The number of H-pyrrole nitrogens is 1. The number of hydrogen-bond donors (Lipinski definition) is 1. The van der Waals surface area contributed by atoms with Crippen LogP contribution in [0.3, 0.4) is 0 Å². The van der Waals surface area contributed by atoms with Crippen molar-refractivity contribution in [2.75, 3.05) is 0 Å². The van der Waals surface area contributed by atoms with Crippen molar-refractivity contribution in [1.82, 2.24) is 9.97 Å². The first-order valence-electron chi connectivity index (χ1n) is 8.03. The Hall–Kier alpha value is -3.40. The Labute approximate surface area is 144 Å². The second-order valence-electron chi connectivity index (χ2n) is 5.87. The fourth-order valence-corrected chi connectivity index (χ4v) is 2.65. The summed E-state index contributed by atoms with van der Waals surface area (Å²) in [7, 11) is 0. The summed E-state index contributed by atoms with van der Waals surface area (Å²) in [5.74, 6) is 2.07. The average molecular weight is 328 g/mol. The fraction of sp³-hybridized carbons (Fsp3) is 0.0476. The van der Waals surface area contributed by atoms with Crippen LogP contribution in [-0.4, -0.2) is 9.97 Å². The normalized spacial score (nSPS) is 10.8. The van der Waals surface area contributed by atoms with Crippen LogP contribution in [0.1, 0.15) is 5.56 Å². The summed E-state index contributed by atoms with van der Waals surface area (Å²) in [6, 6.07) is 22.7. The van der Waals surface area contributed by atoms with Crippen LogP contribution in [-0.2, 0) is 0 Å². The van der Waals surface area contributed by atoms with Gasteiger partial charge in [0.1, 0.15) is 17.3 Å². The Morgan fingerprint density at radius 3 is 2.20 bits per heavy atom. The van der Waals surface area contributed by atoms with E-state index >= 15 is 0 Å². The van der Waals surface area contributed by atoms with Gasteiger partial charge in [0.25, 0.3) is 5.56 Å². The molecule has 0 aliphatic heterocycles. The van der Waals surface area contributed by atoms with Gasteiger partial charge in [0, 0.05) is 5.56 Å². The maximum absolute atomic E-state index is 12.2. The molecule has 0 unspecified atom stereocenters. The quantitative estimate of drug-likeness (QED) is 0.593. The van der Waals surface area contributed by atoms with Crippen molar-refractivity contribution < 1.29 is 4.74 Å². The van der Waals surface area contributed by atoms with Crippen LogP contribution in [0.25, 0.3) is 22.3 Å². The van der Waals surface area contributed by atoms with Crippen molar-refractivity contribution in [2.45, 2.75) is 6.92 Å². The van der Waals surface area contributed by atoms with Crippen molar-refractivity contribution in [3.8, 4) is 22.9 Å². The SMILES string of the molecule is Cc1ccc(Oc2ccc(-c3nc4ccccc4c(=O)[nH]3)cc2)cc1. The zero-order valence-corrected chi connectivity index (χ0v) is 13.7. The Bertz CT molecular complexity index is 1080. The maximum Gasteiger partial charge on any atom is 0.259 e. The molecule has 122 valence electrons. The third-order valence-electron chi connectivity index (χ3n) is 4.00. The molecule has 0 radical (unpaired) electrons. The second-order valence-corrected chi connectivity index (χ2v) is 5.87. The van der Waals surface area contributed by atoms with Crippen molar-refractivity contribution in [2.24, 2.45) is 0 Å². The molecule has 25 heavy (non-hydrogen) atoms. The van der Waals surface area contributed by atoms with Gasteiger partial charge < -0.3 is 9.72 Å². The van der Waals surface area contributed by atoms with Gasteiger partial charge in [-0.15, -0.1) is 0 Å². The topological polar surface area (TPSA) is 55.0 Å². The second kappa shape index (κ2) is 6.24. The number of para-hydroxylation sites is 1. The first-order chi connectivity index (χ1) is 12.2. The van der Waals surface area contributed by atoms with E-state index in [4.69, 9.17) is 4.74 Å². The van der Waals surface area contributed by atoms with E-state index in [0.717, 1.165) is 17.1 Å². The molecule has 0 amide bonds. The average Bonchev–Trinajstić information content (AvgIpc) is 2.64. The molecule has 4 heteroatoms. The highest BCUT2D eigenvalue weighted by molar-refractivity contribution is 5.79. The predicted octanol–water partition coefficient (Wildman–Crippen LogP) is 4.69. The predicted molar refractivity (Wildman–Crippen MR) is 99.1 cm³/mol. The minimum atomic E-state index is -0.138. The Kier molecular flexibility index (Phi) is 3.78. The summed E-state index contributed by atoms with van der Waals surface area (Å²) >= 11 is 0. The van der Waals surface area contributed by atoms with Gasteiger partial charge >= 0.3 is 0 Å². The molecule has 4 rings (SSSR count). The van der Waals surface area contributed by atoms with E-state index in [2.05, 4.69) is 9.97 Å². The minimum absolute atomic E-state index is 0.138. The first kappa shape index (κ1) is 15.1. The van der Waals surface area contributed by atoms with Crippen LogP contribution in [0.15, 0.2) is 77.6 Å². The smallest absolute Gasteiger partial charge is 0.259 e. The van der Waals surface area contributed by atoms with Crippen LogP contribution >= 0.6 is 0 Å². The van der Waals surface area contributed by atoms with Crippen LogP contribution in [0.4, 0.5) is 0 Å². The zero-order chi connectivity index (χ0) is 17.2. The summed E-state index contributed by atoms with van der Waals surface area (Å²) in [5, 5.41) is 0.588. The summed E-state index contributed by atoms with van der Waals surface area (Å²) in [4.78, 5) is 19.6. The molecule has 1 heterocycles. The molecule has 1 N–H and O–H groups in total. The van der Waals surface area contributed by atoms with Gasteiger partial charge in [-0.25, -0.2) is 4.98 Å². The van der Waals surface area contributed by atoms with E-state index in [1.165, 1.54) is 5.56 Å². The maximum atomic E-state index is 12.2. The highest BCUT2D eigenvalue weighted by Gasteiger charge is 2.06. The molecular formula is C21H16N2O2. The Morgan fingerprint density at radius 2 is 1.48 bits per heavy atom. The molecule has 0 aliphatic carbocycles. The molecule has 0 bridgehead atoms. The number of aryl methyl sites for hydroxylation is 1. The number of aromatic nitrogens is 2. The third kappa shape index (κ3) is 3.15. The van der Waals surface area contributed by atoms with Crippen molar-refractivity contribution in [1.29, 1.82) is 0 Å². The molecule has 4 aromatic rings. The summed E-state index contributed by atoms with van der Waals surface area (Å²) in [5.41, 5.74) is 2.56. The monoisotopic (exact) mass is 328 g/mol. The van der Waals surface area contributed by atoms with Crippen molar-refractivity contribution in [3.63, 3.8) is 0 Å². The number of nitrogens with zero attached hydrogens (tertiary/aromatic N) is 1. The summed E-state index contributed by atoms with van der Waals surface area (Å²) < 4.78 is 5.83. The van der Waals surface area contributed by atoms with Gasteiger partial charge in [0.15, 0.2) is 0 Å². The van der Waals surface area contributed by atoms with Crippen molar-refractivity contribution in [3.05, 3.63) is 88.7 Å². The largest absolute Gasteiger partial charge is 0.457 e. The number of hydrogen-bond acceptors (Lipinski definition) is 3. The van der Waals surface area contributed by atoms with Crippen LogP contribution in [0.2, 0.25) is 0 Å². The molecule has 1 aromatic heterocycles. The van der Waals surface area contributed by atoms with Gasteiger partial charge in [0.2, 0.25) is 0 Å². The molecule has 4 nitrogen and oxygen atoms in total. The molecule has 0 saturated carbocycles. The zero-order valence-electron chi connectivity index (χ0n) is 13.7. The highest BCUT2D eigenvalue weighted by Crippen LogP contribution is 2.24. The van der Waals surface area contributed by atoms with E-state index in [0.29, 0.717) is 16.7 Å². The van der Waals surface area contributed by atoms with E-state index in [-0.39, 0.29) is 5.56 Å². The molecule has 0 spiro atoms. The van der Waals surface area contributed by atoms with E-state index in [1.807, 2.05) is 73.7 Å². The number of aromatic amines is 1. The lowest BCUT2D eigenvalue weighted by molar-refractivity contribution is 0.482. The summed E-state index contributed by atoms with van der Waals surface area (Å²) in [6.07, 6.45) is 0. The number of benzene rings is 3. The van der Waals surface area contributed by atoms with E-state index in [1.54, 1.807) is 6.07 Å². The van der Waals surface area contributed by atoms with Crippen LogP contribution in [0, 0.1) is 6.92 Å². The minimum Gasteiger partial charge on any atom is -0.457 e. The number of fused-ring (bicyclic) bond motifs is 1. The van der Waals surface area contributed by atoms with Gasteiger partial charge in [0.05, 0.1) is 10.9 Å². The molecule has 3 aromatic carbocycles. The van der Waals surface area contributed by atoms with Gasteiger partial charge in [-0.05, 0) is 55.5 Å². The number of ether oxygens (including phenoxy) is 1. The molecule has 0 saturated heterocycles. The lowest BCUT2D eigenvalue weighted by atomic mass is 10.2. The first-order valence-corrected chi connectivity index (χ1v) is 8.03. The molecule has 0 aliphatic rings. The number of nitrogens with one attached hydrogen (secondary N) is 1. The van der Waals surface area contributed by atoms with Crippen LogP contribution < -0.4 is 10.3 Å². The number of rotatable bonds is 3. The molecule has 0 fully saturated rings. The lowest BCUT2D eigenvalue weighted by Crippen LogP contribution is -2.09. The highest BCUT2D eigenvalue weighted by atomic mass is 16.5. The standard InChI is InChI=1S/C21H16N2O2/c1-14-6-10-16(11-7-14)25-17-12-8-15(9-13-17)20-22-19-5-3-2-4-18(19)21(24)23-20/h2-13H,1H3,(H,22,23,24). The fourth-order valence-electron chi connectivity index (χ4n) is 2.65. The van der Waals surface area contributed by atoms with E-state index < -0.39 is 0 Å². The molecule has 0 atom stereocenters. The Morgan fingerprint density at radius 1 is 0.840 bits per heavy atom. The van der Waals surface area contributed by atoms with Gasteiger partial charge in [-0.1, -0.05) is 29.8 Å². The van der Waals surface area contributed by atoms with E-state index in [9.17, 15) is 4.79 Å².